The highest BCUT2D eigenvalue weighted by Gasteiger charge is 2.09. The normalized spacial score (nSPS) is 11.7. The maximum Gasteiger partial charge on any atom is 0.246 e. The Bertz CT molecular complexity index is 1520. The maximum atomic E-state index is 6.19. The number of hydrogen-bond acceptors (Lipinski definition) is 6. The van der Waals surface area contributed by atoms with Gasteiger partial charge in [0.05, 0.1) is 11.7 Å². The lowest BCUT2D eigenvalue weighted by Crippen LogP contribution is -2.21. The van der Waals surface area contributed by atoms with E-state index in [-0.39, 0.29) is 0 Å². The van der Waals surface area contributed by atoms with Crippen molar-refractivity contribution in [3.8, 4) is 0 Å². The Kier molecular flexibility index (Phi) is 7.11. The molecular formula is C28H28ClN7. The Hall–Kier alpha value is -3.94. The van der Waals surface area contributed by atoms with Crippen molar-refractivity contribution < 1.29 is 0 Å². The van der Waals surface area contributed by atoms with Gasteiger partial charge in [0, 0.05) is 52.7 Å². The van der Waals surface area contributed by atoms with Crippen LogP contribution in [0, 0.1) is 0 Å². The molecule has 0 radical (unpaired) electrons. The van der Waals surface area contributed by atoms with Crippen LogP contribution in [0.15, 0.2) is 84.1 Å². The molecule has 0 saturated carbocycles. The average Bonchev–Trinajstić information content (AvgIpc) is 3.21. The number of likely N-dealkylation sites (N-methyl/N-ethyl adjacent to an activating group) is 1. The van der Waals surface area contributed by atoms with E-state index in [4.69, 9.17) is 11.6 Å². The molecule has 2 heterocycles. The first-order valence-corrected chi connectivity index (χ1v) is 12.2. The molecular weight excluding hydrogens is 470 g/mol. The number of para-hydroxylation sites is 2. The second-order valence-corrected chi connectivity index (χ2v) is 9.31. The van der Waals surface area contributed by atoms with Crippen LogP contribution in [0.25, 0.3) is 21.8 Å². The number of fused-ring (bicyclic) bond motifs is 2. The van der Waals surface area contributed by atoms with E-state index in [9.17, 15) is 0 Å². The first-order valence-electron chi connectivity index (χ1n) is 11.8. The highest BCUT2D eigenvalue weighted by molar-refractivity contribution is 6.30. The first-order chi connectivity index (χ1) is 17.6. The molecule has 0 atom stereocenters. The Morgan fingerprint density at radius 3 is 2.61 bits per heavy atom. The molecule has 0 spiro atoms. The summed E-state index contributed by atoms with van der Waals surface area (Å²) in [6, 6.07) is 24.2. The number of hydrogen-bond donors (Lipinski definition) is 2. The lowest BCUT2D eigenvalue weighted by Gasteiger charge is -2.13. The van der Waals surface area contributed by atoms with Crippen LogP contribution < -0.4 is 10.7 Å². The van der Waals surface area contributed by atoms with Crippen LogP contribution in [-0.2, 0) is 6.54 Å². The summed E-state index contributed by atoms with van der Waals surface area (Å²) in [6.07, 6.45) is 3.92. The molecule has 2 N–H and O–H groups in total. The monoisotopic (exact) mass is 497 g/mol. The van der Waals surface area contributed by atoms with Crippen molar-refractivity contribution >= 4 is 51.4 Å². The third-order valence-corrected chi connectivity index (χ3v) is 6.12. The summed E-state index contributed by atoms with van der Waals surface area (Å²) in [7, 11) is 4.10. The Labute approximate surface area is 215 Å². The SMILES string of the molecule is CN(C)CCNc1nc(N/N=C/c2cn(Cc3cccc(Cl)c3)c3ccccc23)nc2ccccc12. The number of anilines is 2. The van der Waals surface area contributed by atoms with E-state index in [1.807, 2.05) is 74.9 Å². The van der Waals surface area contributed by atoms with Crippen LogP contribution >= 0.6 is 11.6 Å². The Morgan fingerprint density at radius 2 is 1.78 bits per heavy atom. The lowest BCUT2D eigenvalue weighted by atomic mass is 10.2. The number of aromatic nitrogens is 3. The van der Waals surface area contributed by atoms with Crippen molar-refractivity contribution in [2.75, 3.05) is 37.9 Å². The van der Waals surface area contributed by atoms with Crippen LogP contribution in [-0.4, -0.2) is 52.8 Å². The highest BCUT2D eigenvalue weighted by Crippen LogP contribution is 2.23. The van der Waals surface area contributed by atoms with E-state index in [1.165, 1.54) is 0 Å². The van der Waals surface area contributed by atoms with Crippen molar-refractivity contribution in [1.29, 1.82) is 0 Å². The van der Waals surface area contributed by atoms with Gasteiger partial charge in [-0.3, -0.25) is 0 Å². The van der Waals surface area contributed by atoms with Crippen LogP contribution in [0.3, 0.4) is 0 Å². The quantitative estimate of drug-likeness (QED) is 0.202. The standard InChI is InChI=1S/C28H28ClN7/c1-35(2)15-14-30-27-24-11-3-5-12-25(24)32-28(33-27)34-31-17-21-19-36(26-13-6-4-10-23(21)26)18-20-8-7-9-22(29)16-20/h3-13,16-17,19H,14-15,18H2,1-2H3,(H2,30,32,33,34)/b31-17+. The van der Waals surface area contributed by atoms with E-state index in [0.717, 1.165) is 63.4 Å². The summed E-state index contributed by atoms with van der Waals surface area (Å²) in [5, 5.41) is 10.7. The lowest BCUT2D eigenvalue weighted by molar-refractivity contribution is 0.425. The van der Waals surface area contributed by atoms with Gasteiger partial charge in [-0.25, -0.2) is 10.4 Å². The minimum atomic E-state index is 0.444. The third-order valence-electron chi connectivity index (χ3n) is 5.88. The maximum absolute atomic E-state index is 6.19. The fourth-order valence-electron chi connectivity index (χ4n) is 4.16. The molecule has 0 amide bonds. The number of nitrogens with zero attached hydrogens (tertiary/aromatic N) is 5. The molecule has 2 aromatic heterocycles. The van der Waals surface area contributed by atoms with Gasteiger partial charge in [-0.05, 0) is 50.0 Å². The van der Waals surface area contributed by atoms with Crippen molar-refractivity contribution in [1.82, 2.24) is 19.4 Å². The molecule has 0 aliphatic carbocycles. The predicted molar refractivity (Wildman–Crippen MR) is 150 cm³/mol. The molecule has 0 aliphatic rings. The van der Waals surface area contributed by atoms with Gasteiger partial charge >= 0.3 is 0 Å². The van der Waals surface area contributed by atoms with Crippen molar-refractivity contribution in [2.24, 2.45) is 5.10 Å². The van der Waals surface area contributed by atoms with E-state index in [1.54, 1.807) is 0 Å². The smallest absolute Gasteiger partial charge is 0.246 e. The molecule has 5 aromatic rings. The van der Waals surface area contributed by atoms with Gasteiger partial charge in [0.25, 0.3) is 0 Å². The topological polar surface area (TPSA) is 70.4 Å². The first kappa shape index (κ1) is 23.8. The summed E-state index contributed by atoms with van der Waals surface area (Å²) in [5.74, 6) is 1.23. The van der Waals surface area contributed by atoms with E-state index in [2.05, 4.69) is 59.7 Å². The predicted octanol–water partition coefficient (Wildman–Crippen LogP) is 5.71. The van der Waals surface area contributed by atoms with Gasteiger partial charge in [-0.15, -0.1) is 0 Å². The molecule has 3 aromatic carbocycles. The van der Waals surface area contributed by atoms with E-state index >= 15 is 0 Å². The highest BCUT2D eigenvalue weighted by atomic mass is 35.5. The summed E-state index contributed by atoms with van der Waals surface area (Å²) >= 11 is 6.19. The number of nitrogens with one attached hydrogen (secondary N) is 2. The van der Waals surface area contributed by atoms with Crippen molar-refractivity contribution in [3.05, 3.63) is 95.1 Å². The summed E-state index contributed by atoms with van der Waals surface area (Å²) in [5.41, 5.74) is 7.16. The van der Waals surface area contributed by atoms with Gasteiger partial charge in [0.1, 0.15) is 5.82 Å². The molecule has 0 fully saturated rings. The molecule has 0 saturated heterocycles. The molecule has 0 unspecified atom stereocenters. The molecule has 182 valence electrons. The van der Waals surface area contributed by atoms with E-state index in [0.29, 0.717) is 5.95 Å². The Morgan fingerprint density at radius 1 is 0.972 bits per heavy atom. The summed E-state index contributed by atoms with van der Waals surface area (Å²) in [6.45, 7) is 2.40. The zero-order valence-corrected chi connectivity index (χ0v) is 21.1. The average molecular weight is 498 g/mol. The number of benzene rings is 3. The molecule has 5 rings (SSSR count). The van der Waals surface area contributed by atoms with Crippen LogP contribution in [0.1, 0.15) is 11.1 Å². The molecule has 0 bridgehead atoms. The fraction of sp³-hybridized carbons (Fsp3) is 0.179. The van der Waals surface area contributed by atoms with Crippen LogP contribution in [0.2, 0.25) is 5.02 Å². The largest absolute Gasteiger partial charge is 0.368 e. The third kappa shape index (κ3) is 5.48. The molecule has 0 aliphatic heterocycles. The second-order valence-electron chi connectivity index (χ2n) is 8.87. The second kappa shape index (κ2) is 10.8. The summed E-state index contributed by atoms with van der Waals surface area (Å²) < 4.78 is 2.21. The minimum Gasteiger partial charge on any atom is -0.368 e. The minimum absolute atomic E-state index is 0.444. The Balaban J connectivity index is 1.39. The molecule has 36 heavy (non-hydrogen) atoms. The summed E-state index contributed by atoms with van der Waals surface area (Å²) in [4.78, 5) is 11.4. The molecule has 8 heteroatoms. The number of rotatable bonds is 9. The molecule has 7 nitrogen and oxygen atoms in total. The van der Waals surface area contributed by atoms with Gasteiger partial charge < -0.3 is 14.8 Å². The number of hydrazone groups is 1. The van der Waals surface area contributed by atoms with Crippen molar-refractivity contribution in [2.45, 2.75) is 6.54 Å². The van der Waals surface area contributed by atoms with Crippen LogP contribution in [0.5, 0.6) is 0 Å². The zero-order valence-electron chi connectivity index (χ0n) is 20.3. The van der Waals surface area contributed by atoms with Gasteiger partial charge in [-0.2, -0.15) is 10.1 Å². The van der Waals surface area contributed by atoms with Crippen LogP contribution in [0.4, 0.5) is 11.8 Å². The van der Waals surface area contributed by atoms with Gasteiger partial charge in [-0.1, -0.05) is 54.1 Å². The van der Waals surface area contributed by atoms with E-state index < -0.39 is 0 Å². The number of halogens is 1. The van der Waals surface area contributed by atoms with Gasteiger partial charge in [0.2, 0.25) is 5.95 Å². The fourth-order valence-corrected chi connectivity index (χ4v) is 4.37. The van der Waals surface area contributed by atoms with Crippen molar-refractivity contribution in [3.63, 3.8) is 0 Å². The zero-order chi connectivity index (χ0) is 24.9. The van der Waals surface area contributed by atoms with Gasteiger partial charge in [0.15, 0.2) is 0 Å².